The lowest BCUT2D eigenvalue weighted by Gasteiger charge is -2.40. The highest BCUT2D eigenvalue weighted by molar-refractivity contribution is 14.0. The van der Waals surface area contributed by atoms with Crippen LogP contribution in [0.5, 0.6) is 0 Å². The van der Waals surface area contributed by atoms with Gasteiger partial charge in [0, 0.05) is 26.2 Å². The van der Waals surface area contributed by atoms with E-state index in [1.54, 1.807) is 6.92 Å². The molecule has 1 saturated carbocycles. The molecule has 0 aromatic carbocycles. The minimum atomic E-state index is -3.11. The molecule has 0 heterocycles. The Morgan fingerprint density at radius 3 is 2.27 bits per heavy atom. The third-order valence-electron chi connectivity index (χ3n) is 4.20. The van der Waals surface area contributed by atoms with Crippen molar-refractivity contribution < 1.29 is 8.42 Å². The fourth-order valence-electron chi connectivity index (χ4n) is 2.38. The van der Waals surface area contributed by atoms with Gasteiger partial charge >= 0.3 is 0 Å². The molecule has 0 aliphatic heterocycles. The van der Waals surface area contributed by atoms with E-state index in [-0.39, 0.29) is 29.7 Å². The summed E-state index contributed by atoms with van der Waals surface area (Å²) in [7, 11) is -3.11. The Bertz CT molecular complexity index is 431. The number of rotatable bonds is 9. The average Bonchev–Trinajstić information content (AvgIpc) is 2.42. The van der Waals surface area contributed by atoms with Gasteiger partial charge in [-0.2, -0.15) is 0 Å². The lowest BCUT2D eigenvalue weighted by Crippen LogP contribution is -2.43. The van der Waals surface area contributed by atoms with Gasteiger partial charge in [-0.3, -0.25) is 4.99 Å². The van der Waals surface area contributed by atoms with E-state index in [0.717, 1.165) is 19.0 Å². The second-order valence-corrected chi connectivity index (χ2v) is 7.72. The normalized spacial score (nSPS) is 17.3. The van der Waals surface area contributed by atoms with Gasteiger partial charge in [0.15, 0.2) is 5.96 Å². The summed E-state index contributed by atoms with van der Waals surface area (Å²) in [5, 5.41) is 6.37. The molecule has 1 rings (SSSR count). The summed E-state index contributed by atoms with van der Waals surface area (Å²) in [6.07, 6.45) is 5.02. The fourth-order valence-corrected chi connectivity index (χ4v) is 3.00. The Morgan fingerprint density at radius 2 is 1.82 bits per heavy atom. The third-order valence-corrected chi connectivity index (χ3v) is 5.60. The van der Waals surface area contributed by atoms with Crippen molar-refractivity contribution in [3.05, 3.63) is 0 Å². The van der Waals surface area contributed by atoms with Crippen LogP contribution >= 0.6 is 24.0 Å². The van der Waals surface area contributed by atoms with E-state index in [0.29, 0.717) is 18.5 Å². The van der Waals surface area contributed by atoms with Gasteiger partial charge in [-0.15, -0.1) is 24.0 Å². The largest absolute Gasteiger partial charge is 0.357 e. The van der Waals surface area contributed by atoms with E-state index in [4.69, 9.17) is 0 Å². The Labute approximate surface area is 152 Å². The van der Waals surface area contributed by atoms with Crippen LogP contribution < -0.4 is 15.4 Å². The Balaban J connectivity index is 0.00000441. The van der Waals surface area contributed by atoms with Crippen molar-refractivity contribution in [1.29, 1.82) is 0 Å². The van der Waals surface area contributed by atoms with Crippen LogP contribution in [0.1, 0.15) is 46.5 Å². The van der Waals surface area contributed by atoms with Crippen molar-refractivity contribution in [2.45, 2.75) is 46.5 Å². The van der Waals surface area contributed by atoms with Crippen LogP contribution in [0.3, 0.4) is 0 Å². The number of nitrogens with zero attached hydrogens (tertiary/aromatic N) is 1. The third kappa shape index (κ3) is 7.45. The summed E-state index contributed by atoms with van der Waals surface area (Å²) in [6.45, 7) is 8.43. The SMILES string of the molecule is CCNC(=NCC1(CC)CCC1)NCCNS(=O)(=O)CC.I. The van der Waals surface area contributed by atoms with E-state index >= 15 is 0 Å². The predicted molar refractivity (Wildman–Crippen MR) is 103 cm³/mol. The lowest BCUT2D eigenvalue weighted by molar-refractivity contribution is 0.139. The van der Waals surface area contributed by atoms with E-state index in [1.165, 1.54) is 25.7 Å². The lowest BCUT2D eigenvalue weighted by atomic mass is 9.67. The topological polar surface area (TPSA) is 82.6 Å². The van der Waals surface area contributed by atoms with Crippen LogP contribution in [-0.2, 0) is 10.0 Å². The number of guanidine groups is 1. The van der Waals surface area contributed by atoms with E-state index in [1.807, 2.05) is 6.92 Å². The molecule has 0 radical (unpaired) electrons. The molecule has 0 amide bonds. The smallest absolute Gasteiger partial charge is 0.211 e. The monoisotopic (exact) mass is 446 g/mol. The van der Waals surface area contributed by atoms with E-state index in [2.05, 4.69) is 27.3 Å². The summed E-state index contributed by atoms with van der Waals surface area (Å²) in [5.74, 6) is 0.883. The molecule has 132 valence electrons. The van der Waals surface area contributed by atoms with Crippen LogP contribution in [-0.4, -0.2) is 46.3 Å². The van der Waals surface area contributed by atoms with Crippen molar-refractivity contribution in [2.75, 3.05) is 31.9 Å². The Hall–Kier alpha value is -0.0900. The first-order valence-electron chi connectivity index (χ1n) is 7.96. The molecule has 0 bridgehead atoms. The molecular formula is C14H31IN4O2S. The van der Waals surface area contributed by atoms with Gasteiger partial charge in [0.25, 0.3) is 0 Å². The van der Waals surface area contributed by atoms with Crippen molar-refractivity contribution in [3.8, 4) is 0 Å². The summed E-state index contributed by atoms with van der Waals surface area (Å²) >= 11 is 0. The average molecular weight is 446 g/mol. The standard InChI is InChI=1S/C14H30N4O2S.HI/c1-4-14(8-7-9-14)12-17-13(15-5-2)16-10-11-18-21(19,20)6-3;/h18H,4-12H2,1-3H3,(H2,15,16,17);1H. The molecule has 0 unspecified atom stereocenters. The number of sulfonamides is 1. The van der Waals surface area contributed by atoms with Gasteiger partial charge < -0.3 is 10.6 Å². The molecule has 0 atom stereocenters. The summed E-state index contributed by atoms with van der Waals surface area (Å²) in [4.78, 5) is 4.65. The Morgan fingerprint density at radius 1 is 1.14 bits per heavy atom. The first-order valence-corrected chi connectivity index (χ1v) is 9.61. The van der Waals surface area contributed by atoms with Crippen molar-refractivity contribution in [2.24, 2.45) is 10.4 Å². The number of halogens is 1. The van der Waals surface area contributed by atoms with E-state index in [9.17, 15) is 8.42 Å². The number of hydrogen-bond acceptors (Lipinski definition) is 3. The van der Waals surface area contributed by atoms with Crippen LogP contribution in [0.15, 0.2) is 4.99 Å². The minimum Gasteiger partial charge on any atom is -0.357 e. The zero-order valence-corrected chi connectivity index (χ0v) is 17.1. The molecule has 0 aromatic heterocycles. The molecule has 22 heavy (non-hydrogen) atoms. The molecule has 3 N–H and O–H groups in total. The second kappa shape index (κ2) is 10.6. The van der Waals surface area contributed by atoms with Crippen molar-refractivity contribution >= 4 is 40.0 Å². The number of hydrogen-bond donors (Lipinski definition) is 3. The first-order chi connectivity index (χ1) is 9.97. The van der Waals surface area contributed by atoms with Gasteiger partial charge in [0.1, 0.15) is 0 Å². The van der Waals surface area contributed by atoms with Gasteiger partial charge in [0.05, 0.1) is 5.75 Å². The van der Waals surface area contributed by atoms with Crippen molar-refractivity contribution in [1.82, 2.24) is 15.4 Å². The summed E-state index contributed by atoms with van der Waals surface area (Å²) in [6, 6.07) is 0. The maximum Gasteiger partial charge on any atom is 0.211 e. The van der Waals surface area contributed by atoms with Crippen LogP contribution in [0.4, 0.5) is 0 Å². The highest BCUT2D eigenvalue weighted by Gasteiger charge is 2.34. The molecule has 0 aromatic rings. The van der Waals surface area contributed by atoms with E-state index < -0.39 is 10.0 Å². The predicted octanol–water partition coefficient (Wildman–Crippen LogP) is 1.68. The zero-order valence-electron chi connectivity index (χ0n) is 13.9. The summed E-state index contributed by atoms with van der Waals surface area (Å²) in [5.41, 5.74) is 0.395. The highest BCUT2D eigenvalue weighted by Crippen LogP contribution is 2.43. The molecular weight excluding hydrogens is 415 g/mol. The van der Waals surface area contributed by atoms with Gasteiger partial charge in [-0.05, 0) is 38.5 Å². The summed E-state index contributed by atoms with van der Waals surface area (Å²) < 4.78 is 25.2. The number of aliphatic imine (C=N–C) groups is 1. The molecule has 1 aliphatic carbocycles. The second-order valence-electron chi connectivity index (χ2n) is 5.63. The van der Waals surface area contributed by atoms with Crippen molar-refractivity contribution in [3.63, 3.8) is 0 Å². The molecule has 8 heteroatoms. The Kier molecular flexibility index (Phi) is 10.6. The first kappa shape index (κ1) is 21.9. The van der Waals surface area contributed by atoms with Crippen LogP contribution in [0.25, 0.3) is 0 Å². The zero-order chi connectivity index (χ0) is 15.8. The molecule has 6 nitrogen and oxygen atoms in total. The molecule has 1 fully saturated rings. The maximum absolute atomic E-state index is 11.3. The highest BCUT2D eigenvalue weighted by atomic mass is 127. The van der Waals surface area contributed by atoms with Gasteiger partial charge in [-0.25, -0.2) is 13.1 Å². The molecule has 0 saturated heterocycles. The fraction of sp³-hybridized carbons (Fsp3) is 0.929. The minimum absolute atomic E-state index is 0. The number of nitrogens with one attached hydrogen (secondary N) is 3. The van der Waals surface area contributed by atoms with Crippen LogP contribution in [0, 0.1) is 5.41 Å². The van der Waals surface area contributed by atoms with Gasteiger partial charge in [-0.1, -0.05) is 13.3 Å². The van der Waals surface area contributed by atoms with Gasteiger partial charge in [0.2, 0.25) is 10.0 Å². The van der Waals surface area contributed by atoms with Crippen LogP contribution in [0.2, 0.25) is 0 Å². The molecule has 0 spiro atoms. The maximum atomic E-state index is 11.3. The quantitative estimate of drug-likeness (QED) is 0.218. The molecule has 1 aliphatic rings.